The maximum Gasteiger partial charge on any atom is 0.00643 e. The lowest BCUT2D eigenvalue weighted by atomic mass is 10.3. The molecule has 1 rings (SSSR count). The number of hydrogen-bond acceptors (Lipinski definition) is 1. The first-order valence-electron chi connectivity index (χ1n) is 3.01. The lowest BCUT2D eigenvalue weighted by Gasteiger charge is -2.12. The normalized spacial score (nSPS) is 26.7. The molecule has 0 aromatic heterocycles. The van der Waals surface area contributed by atoms with Gasteiger partial charge in [-0.3, -0.25) is 0 Å². The van der Waals surface area contributed by atoms with Crippen LogP contribution in [0, 0.1) is 0 Å². The van der Waals surface area contributed by atoms with Crippen LogP contribution >= 0.6 is 0 Å². The van der Waals surface area contributed by atoms with Crippen LogP contribution in [-0.4, -0.2) is 24.5 Å². The fourth-order valence-electron chi connectivity index (χ4n) is 1.08. The zero-order chi connectivity index (χ0) is 5.28. The van der Waals surface area contributed by atoms with Crippen LogP contribution in [0.25, 0.3) is 0 Å². The molecule has 1 unspecified atom stereocenters. The van der Waals surface area contributed by atoms with Crippen molar-refractivity contribution >= 4 is 0 Å². The van der Waals surface area contributed by atoms with Gasteiger partial charge in [0.25, 0.3) is 0 Å². The lowest BCUT2D eigenvalue weighted by Crippen LogP contribution is -2.20. The molecular formula is C8H21N. The highest BCUT2D eigenvalue weighted by Gasteiger charge is 2.14. The average Bonchev–Trinajstić information content (AvgIpc) is 1.91. The Morgan fingerprint density at radius 2 is 1.89 bits per heavy atom. The van der Waals surface area contributed by atoms with E-state index >= 15 is 0 Å². The van der Waals surface area contributed by atoms with Crippen LogP contribution in [0.15, 0.2) is 0 Å². The van der Waals surface area contributed by atoms with Gasteiger partial charge in [-0.15, -0.1) is 0 Å². The van der Waals surface area contributed by atoms with Gasteiger partial charge in [-0.1, -0.05) is 14.9 Å². The van der Waals surface area contributed by atoms with E-state index in [1.807, 2.05) is 0 Å². The smallest absolute Gasteiger partial charge is 0.00643 e. The van der Waals surface area contributed by atoms with Gasteiger partial charge in [-0.05, 0) is 33.4 Å². The molecule has 1 heterocycles. The predicted molar refractivity (Wildman–Crippen MR) is 44.8 cm³/mol. The van der Waals surface area contributed by atoms with E-state index in [1.165, 1.54) is 19.4 Å². The summed E-state index contributed by atoms with van der Waals surface area (Å²) < 4.78 is 0. The number of hydrogen-bond donors (Lipinski definition) is 0. The highest BCUT2D eigenvalue weighted by atomic mass is 15.1. The van der Waals surface area contributed by atoms with Gasteiger partial charge in [0, 0.05) is 6.04 Å². The van der Waals surface area contributed by atoms with Crippen LogP contribution in [-0.2, 0) is 0 Å². The monoisotopic (exact) mass is 131 g/mol. The topological polar surface area (TPSA) is 3.24 Å². The summed E-state index contributed by atoms with van der Waals surface area (Å²) in [4.78, 5) is 2.40. The van der Waals surface area contributed by atoms with Crippen molar-refractivity contribution in [3.8, 4) is 0 Å². The van der Waals surface area contributed by atoms with Crippen LogP contribution in [0.4, 0.5) is 0 Å². The van der Waals surface area contributed by atoms with Crippen molar-refractivity contribution in [3.63, 3.8) is 0 Å². The van der Waals surface area contributed by atoms with Gasteiger partial charge >= 0.3 is 0 Å². The molecule has 0 saturated carbocycles. The Labute approximate surface area is 60.1 Å². The van der Waals surface area contributed by atoms with Gasteiger partial charge in [0.15, 0.2) is 0 Å². The highest BCUT2D eigenvalue weighted by molar-refractivity contribution is 4.70. The van der Waals surface area contributed by atoms with E-state index in [1.54, 1.807) is 0 Å². The molecule has 1 atom stereocenters. The maximum atomic E-state index is 2.40. The van der Waals surface area contributed by atoms with Crippen LogP contribution in [0.5, 0.6) is 0 Å². The quantitative estimate of drug-likeness (QED) is 0.488. The minimum atomic E-state index is 0. The summed E-state index contributed by atoms with van der Waals surface area (Å²) in [5.41, 5.74) is 0. The van der Waals surface area contributed by atoms with Gasteiger partial charge in [0.05, 0.1) is 0 Å². The largest absolute Gasteiger partial charge is 0.304 e. The first-order valence-corrected chi connectivity index (χ1v) is 3.01. The van der Waals surface area contributed by atoms with Crippen molar-refractivity contribution in [1.29, 1.82) is 0 Å². The van der Waals surface area contributed by atoms with E-state index in [9.17, 15) is 0 Å². The molecule has 1 nitrogen and oxygen atoms in total. The summed E-state index contributed by atoms with van der Waals surface area (Å²) in [5.74, 6) is 0. The minimum Gasteiger partial charge on any atom is -0.304 e. The summed E-state index contributed by atoms with van der Waals surface area (Å²) in [6.07, 6.45) is 2.80. The van der Waals surface area contributed by atoms with Gasteiger partial charge in [0.1, 0.15) is 0 Å². The number of rotatable bonds is 0. The van der Waals surface area contributed by atoms with Crippen LogP contribution in [0.1, 0.15) is 34.6 Å². The maximum absolute atomic E-state index is 2.40. The van der Waals surface area contributed by atoms with Crippen molar-refractivity contribution in [2.75, 3.05) is 13.6 Å². The molecule has 1 saturated heterocycles. The number of likely N-dealkylation sites (tertiary alicyclic amines) is 1. The molecule has 1 aliphatic heterocycles. The Morgan fingerprint density at radius 3 is 2.00 bits per heavy atom. The summed E-state index contributed by atoms with van der Waals surface area (Å²) in [6.45, 7) is 3.59. The Kier molecular flexibility index (Phi) is 6.25. The van der Waals surface area contributed by atoms with Gasteiger partial charge in [-0.2, -0.15) is 0 Å². The molecule has 0 aromatic rings. The van der Waals surface area contributed by atoms with Crippen molar-refractivity contribution in [1.82, 2.24) is 4.90 Å². The second-order valence-electron chi connectivity index (χ2n) is 2.47. The van der Waals surface area contributed by atoms with E-state index < -0.39 is 0 Å². The lowest BCUT2D eigenvalue weighted by molar-refractivity contribution is 0.331. The van der Waals surface area contributed by atoms with Crippen LogP contribution in [0.2, 0.25) is 0 Å². The first kappa shape index (κ1) is 11.7. The molecule has 0 amide bonds. The third-order valence-electron chi connectivity index (χ3n) is 1.89. The molecule has 0 radical (unpaired) electrons. The van der Waals surface area contributed by atoms with Gasteiger partial charge in [-0.25, -0.2) is 0 Å². The predicted octanol–water partition coefficient (Wildman–Crippen LogP) is 2.37. The van der Waals surface area contributed by atoms with E-state index in [-0.39, 0.29) is 14.9 Å². The summed E-state index contributed by atoms with van der Waals surface area (Å²) in [5, 5.41) is 0. The molecule has 0 N–H and O–H groups in total. The standard InChI is InChI=1S/C6H13N.2CH4/c1-6-4-3-5-7(6)2;;/h6H,3-5H2,1-2H3;2*1H4. The van der Waals surface area contributed by atoms with Crippen LogP contribution in [0.3, 0.4) is 0 Å². The summed E-state index contributed by atoms with van der Waals surface area (Å²) in [7, 11) is 2.19. The number of nitrogens with zero attached hydrogens (tertiary/aromatic N) is 1. The Hall–Kier alpha value is -0.0400. The van der Waals surface area contributed by atoms with Crippen molar-refractivity contribution in [2.24, 2.45) is 0 Å². The van der Waals surface area contributed by atoms with E-state index in [0.29, 0.717) is 0 Å². The van der Waals surface area contributed by atoms with Crippen molar-refractivity contribution < 1.29 is 0 Å². The van der Waals surface area contributed by atoms with Crippen molar-refractivity contribution in [2.45, 2.75) is 40.7 Å². The molecule has 58 valence electrons. The second kappa shape index (κ2) is 4.80. The fraction of sp³-hybridized carbons (Fsp3) is 1.00. The van der Waals surface area contributed by atoms with Gasteiger partial charge in [0.2, 0.25) is 0 Å². The molecule has 0 aliphatic carbocycles. The van der Waals surface area contributed by atoms with Crippen molar-refractivity contribution in [3.05, 3.63) is 0 Å². The van der Waals surface area contributed by atoms with E-state index in [4.69, 9.17) is 0 Å². The molecular weight excluding hydrogens is 110 g/mol. The molecule has 0 spiro atoms. The highest BCUT2D eigenvalue weighted by Crippen LogP contribution is 2.12. The minimum absolute atomic E-state index is 0. The first-order chi connectivity index (χ1) is 3.30. The Morgan fingerprint density at radius 1 is 1.33 bits per heavy atom. The Balaban J connectivity index is 0. The molecule has 1 aliphatic rings. The van der Waals surface area contributed by atoms with Crippen LogP contribution < -0.4 is 0 Å². The molecule has 1 heteroatoms. The zero-order valence-corrected chi connectivity index (χ0v) is 5.15. The summed E-state index contributed by atoms with van der Waals surface area (Å²) >= 11 is 0. The van der Waals surface area contributed by atoms with E-state index in [0.717, 1.165) is 6.04 Å². The third-order valence-corrected chi connectivity index (χ3v) is 1.89. The fourth-order valence-corrected chi connectivity index (χ4v) is 1.08. The SMILES string of the molecule is C.C.CC1CCCN1C. The second-order valence-corrected chi connectivity index (χ2v) is 2.47. The third kappa shape index (κ3) is 2.85. The Bertz CT molecular complexity index is 53.6. The average molecular weight is 131 g/mol. The summed E-state index contributed by atoms with van der Waals surface area (Å²) in [6, 6.07) is 0.847. The molecule has 0 bridgehead atoms. The van der Waals surface area contributed by atoms with E-state index in [2.05, 4.69) is 18.9 Å². The zero-order valence-electron chi connectivity index (χ0n) is 5.15. The molecule has 0 aromatic carbocycles. The molecule has 9 heavy (non-hydrogen) atoms. The van der Waals surface area contributed by atoms with Gasteiger partial charge < -0.3 is 4.90 Å². The molecule has 1 fully saturated rings.